The molecular weight excluding hydrogens is 416 g/mol. The van der Waals surface area contributed by atoms with Crippen molar-refractivity contribution in [1.29, 1.82) is 0 Å². The summed E-state index contributed by atoms with van der Waals surface area (Å²) in [6.07, 6.45) is 1.58. The standard InChI is InChI=1S/C23H22N2O5S/c1-16(13-17-7-8-18-5-3-4-6-19(18)14-17)23(28)25(15-22(27)24-2)31(29,30)21-11-9-20(26)10-12-21/h3-14,26H,15H2,1-2H3,(H,24,27)/b16-13+. The zero-order chi connectivity index (χ0) is 22.6. The molecule has 0 aliphatic heterocycles. The van der Waals surface area contributed by atoms with Gasteiger partial charge in [0.15, 0.2) is 0 Å². The molecule has 0 aliphatic carbocycles. The van der Waals surface area contributed by atoms with Crippen molar-refractivity contribution in [2.45, 2.75) is 11.8 Å². The number of hydrogen-bond donors (Lipinski definition) is 2. The van der Waals surface area contributed by atoms with Gasteiger partial charge in [-0.2, -0.15) is 0 Å². The quantitative estimate of drug-likeness (QED) is 0.576. The number of phenols is 1. The summed E-state index contributed by atoms with van der Waals surface area (Å²) < 4.78 is 26.7. The van der Waals surface area contributed by atoms with Crippen LogP contribution in [-0.2, 0) is 19.6 Å². The fourth-order valence-electron chi connectivity index (χ4n) is 3.03. The Morgan fingerprint density at radius 1 is 1.00 bits per heavy atom. The van der Waals surface area contributed by atoms with Crippen LogP contribution in [0.2, 0.25) is 0 Å². The van der Waals surface area contributed by atoms with Crippen molar-refractivity contribution in [3.8, 4) is 5.75 Å². The van der Waals surface area contributed by atoms with Crippen molar-refractivity contribution < 1.29 is 23.1 Å². The summed E-state index contributed by atoms with van der Waals surface area (Å²) >= 11 is 0. The van der Waals surface area contributed by atoms with E-state index in [4.69, 9.17) is 0 Å². The molecule has 0 aliphatic rings. The number of likely N-dealkylation sites (N-methyl/N-ethyl adjacent to an activating group) is 1. The van der Waals surface area contributed by atoms with E-state index in [-0.39, 0.29) is 16.2 Å². The van der Waals surface area contributed by atoms with Crippen LogP contribution in [0.5, 0.6) is 5.75 Å². The number of fused-ring (bicyclic) bond motifs is 1. The molecule has 0 saturated carbocycles. The van der Waals surface area contributed by atoms with E-state index in [1.54, 1.807) is 6.08 Å². The van der Waals surface area contributed by atoms with Crippen molar-refractivity contribution in [3.63, 3.8) is 0 Å². The van der Waals surface area contributed by atoms with Crippen LogP contribution in [0, 0.1) is 0 Å². The predicted octanol–water partition coefficient (Wildman–Crippen LogP) is 2.91. The van der Waals surface area contributed by atoms with Crippen LogP contribution in [-0.4, -0.2) is 43.2 Å². The SMILES string of the molecule is CNC(=O)CN(C(=O)/C(C)=C/c1ccc2ccccc2c1)S(=O)(=O)c1ccc(O)cc1. The minimum absolute atomic E-state index is 0.115. The molecule has 160 valence electrons. The molecule has 2 amide bonds. The first-order chi connectivity index (χ1) is 14.7. The Bertz CT molecular complexity index is 1260. The van der Waals surface area contributed by atoms with Crippen LogP contribution >= 0.6 is 0 Å². The van der Waals surface area contributed by atoms with E-state index in [0.29, 0.717) is 4.31 Å². The molecule has 8 heteroatoms. The number of rotatable bonds is 6. The lowest BCUT2D eigenvalue weighted by Crippen LogP contribution is -2.43. The summed E-state index contributed by atoms with van der Waals surface area (Å²) in [5.74, 6) is -1.56. The second-order valence-corrected chi connectivity index (χ2v) is 8.78. The van der Waals surface area contributed by atoms with Gasteiger partial charge in [-0.25, -0.2) is 12.7 Å². The lowest BCUT2D eigenvalue weighted by Gasteiger charge is -2.22. The summed E-state index contributed by atoms with van der Waals surface area (Å²) in [5.41, 5.74) is 0.882. The molecule has 0 heterocycles. The molecule has 0 aromatic heterocycles. The van der Waals surface area contributed by atoms with E-state index < -0.39 is 28.4 Å². The monoisotopic (exact) mass is 438 g/mol. The van der Waals surface area contributed by atoms with Gasteiger partial charge in [-0.15, -0.1) is 0 Å². The highest BCUT2D eigenvalue weighted by Gasteiger charge is 2.31. The van der Waals surface area contributed by atoms with Crippen molar-refractivity contribution in [2.75, 3.05) is 13.6 Å². The topological polar surface area (TPSA) is 104 Å². The summed E-state index contributed by atoms with van der Waals surface area (Å²) in [4.78, 5) is 24.8. The number of carbonyl (C=O) groups excluding carboxylic acids is 2. The molecule has 0 saturated heterocycles. The van der Waals surface area contributed by atoms with E-state index >= 15 is 0 Å². The summed E-state index contributed by atoms with van der Waals surface area (Å²) in [6.45, 7) is 0.835. The second-order valence-electron chi connectivity index (χ2n) is 6.92. The highest BCUT2D eigenvalue weighted by molar-refractivity contribution is 7.89. The number of aromatic hydroxyl groups is 1. The van der Waals surface area contributed by atoms with Gasteiger partial charge in [-0.3, -0.25) is 9.59 Å². The molecule has 3 aromatic rings. The van der Waals surface area contributed by atoms with Gasteiger partial charge in [0.25, 0.3) is 15.9 Å². The lowest BCUT2D eigenvalue weighted by atomic mass is 10.1. The van der Waals surface area contributed by atoms with Gasteiger partial charge in [-0.1, -0.05) is 36.4 Å². The van der Waals surface area contributed by atoms with Gasteiger partial charge in [0.1, 0.15) is 12.3 Å². The average Bonchev–Trinajstić information content (AvgIpc) is 2.76. The van der Waals surface area contributed by atoms with Gasteiger partial charge < -0.3 is 10.4 Å². The number of benzene rings is 3. The van der Waals surface area contributed by atoms with Gasteiger partial charge in [0.05, 0.1) is 4.90 Å². The number of amides is 2. The van der Waals surface area contributed by atoms with Crippen LogP contribution in [0.4, 0.5) is 0 Å². The highest BCUT2D eigenvalue weighted by Crippen LogP contribution is 2.22. The first-order valence-electron chi connectivity index (χ1n) is 9.46. The van der Waals surface area contributed by atoms with Crippen molar-refractivity contribution in [3.05, 3.63) is 77.9 Å². The summed E-state index contributed by atoms with van der Waals surface area (Å²) in [7, 11) is -2.97. The maximum absolute atomic E-state index is 13.1. The molecule has 31 heavy (non-hydrogen) atoms. The minimum Gasteiger partial charge on any atom is -0.508 e. The van der Waals surface area contributed by atoms with Crippen molar-refractivity contribution in [2.24, 2.45) is 0 Å². The molecule has 7 nitrogen and oxygen atoms in total. The molecule has 0 atom stereocenters. The van der Waals surface area contributed by atoms with E-state index in [2.05, 4.69) is 5.32 Å². The molecule has 0 radical (unpaired) electrons. The normalized spacial score (nSPS) is 11.9. The Balaban J connectivity index is 1.99. The Hall–Kier alpha value is -3.65. The number of nitrogens with one attached hydrogen (secondary N) is 1. The van der Waals surface area contributed by atoms with E-state index in [0.717, 1.165) is 16.3 Å². The van der Waals surface area contributed by atoms with Crippen LogP contribution in [0.3, 0.4) is 0 Å². The third-order valence-electron chi connectivity index (χ3n) is 4.71. The second kappa shape index (κ2) is 9.01. The van der Waals surface area contributed by atoms with Gasteiger partial charge in [-0.05, 0) is 59.7 Å². The van der Waals surface area contributed by atoms with Crippen molar-refractivity contribution >= 4 is 38.7 Å². The number of carbonyl (C=O) groups is 2. The fraction of sp³-hybridized carbons (Fsp3) is 0.130. The van der Waals surface area contributed by atoms with Gasteiger partial charge in [0.2, 0.25) is 5.91 Å². The van der Waals surface area contributed by atoms with Gasteiger partial charge in [0, 0.05) is 12.6 Å². The highest BCUT2D eigenvalue weighted by atomic mass is 32.2. The molecule has 0 spiro atoms. The molecule has 3 rings (SSSR count). The maximum Gasteiger partial charge on any atom is 0.267 e. The molecule has 0 fully saturated rings. The Morgan fingerprint density at radius 2 is 1.65 bits per heavy atom. The zero-order valence-electron chi connectivity index (χ0n) is 17.1. The number of nitrogens with zero attached hydrogens (tertiary/aromatic N) is 1. The van der Waals surface area contributed by atoms with E-state index in [1.165, 1.54) is 38.2 Å². The van der Waals surface area contributed by atoms with Gasteiger partial charge >= 0.3 is 0 Å². The van der Waals surface area contributed by atoms with Crippen LogP contribution in [0.1, 0.15) is 12.5 Å². The first-order valence-corrected chi connectivity index (χ1v) is 10.9. The zero-order valence-corrected chi connectivity index (χ0v) is 17.9. The smallest absolute Gasteiger partial charge is 0.267 e. The molecule has 3 aromatic carbocycles. The molecule has 0 bridgehead atoms. The van der Waals surface area contributed by atoms with Crippen LogP contribution < -0.4 is 5.32 Å². The first kappa shape index (κ1) is 22.0. The van der Waals surface area contributed by atoms with Crippen LogP contribution in [0.15, 0.2) is 77.2 Å². The van der Waals surface area contributed by atoms with Crippen LogP contribution in [0.25, 0.3) is 16.8 Å². The largest absolute Gasteiger partial charge is 0.508 e. The average molecular weight is 439 g/mol. The Labute approximate surface area is 180 Å². The molecular formula is C23H22N2O5S. The predicted molar refractivity (Wildman–Crippen MR) is 119 cm³/mol. The summed E-state index contributed by atoms with van der Waals surface area (Å²) in [5, 5.41) is 13.8. The molecule has 0 unspecified atom stereocenters. The maximum atomic E-state index is 13.1. The number of hydrogen-bond acceptors (Lipinski definition) is 5. The Morgan fingerprint density at radius 3 is 2.29 bits per heavy atom. The number of phenolic OH excluding ortho intramolecular Hbond substituents is 1. The van der Waals surface area contributed by atoms with E-state index in [1.807, 2.05) is 42.5 Å². The third kappa shape index (κ3) is 4.92. The number of sulfonamides is 1. The lowest BCUT2D eigenvalue weighted by molar-refractivity contribution is -0.128. The minimum atomic E-state index is -4.32. The van der Waals surface area contributed by atoms with E-state index in [9.17, 15) is 23.1 Å². The Kier molecular flexibility index (Phi) is 6.41. The third-order valence-corrected chi connectivity index (χ3v) is 6.45. The molecule has 2 N–H and O–H groups in total. The summed E-state index contributed by atoms with van der Waals surface area (Å²) in [6, 6.07) is 18.1. The van der Waals surface area contributed by atoms with Crippen molar-refractivity contribution in [1.82, 2.24) is 9.62 Å². The fourth-order valence-corrected chi connectivity index (χ4v) is 4.41.